The summed E-state index contributed by atoms with van der Waals surface area (Å²) >= 11 is 0. The first kappa shape index (κ1) is 10.7. The van der Waals surface area contributed by atoms with Crippen molar-refractivity contribution in [2.75, 3.05) is 6.61 Å². The summed E-state index contributed by atoms with van der Waals surface area (Å²) < 4.78 is 5.09. The van der Waals surface area contributed by atoms with E-state index < -0.39 is 0 Å². The van der Waals surface area contributed by atoms with Gasteiger partial charge in [0, 0.05) is 6.61 Å². The van der Waals surface area contributed by atoms with E-state index in [0.29, 0.717) is 0 Å². The minimum absolute atomic E-state index is 0.868. The maximum Gasteiger partial charge on any atom is 0.0805 e. The third-order valence-corrected chi connectivity index (χ3v) is 1.53. The van der Waals surface area contributed by atoms with Gasteiger partial charge in [0.1, 0.15) is 0 Å². The van der Waals surface area contributed by atoms with Crippen molar-refractivity contribution < 1.29 is 4.74 Å². The van der Waals surface area contributed by atoms with Crippen molar-refractivity contribution in [3.63, 3.8) is 0 Å². The number of rotatable bonds is 7. The predicted octanol–water partition coefficient (Wildman–Crippen LogP) is 3.32. The van der Waals surface area contributed by atoms with Crippen LogP contribution in [0.3, 0.4) is 0 Å². The SMILES string of the molecule is C=C(C)CCCCCO[CH]C. The third-order valence-electron chi connectivity index (χ3n) is 1.53. The lowest BCUT2D eigenvalue weighted by Gasteiger charge is -2.00. The molecule has 0 rings (SSSR count). The highest BCUT2D eigenvalue weighted by Gasteiger charge is 1.89. The van der Waals surface area contributed by atoms with Gasteiger partial charge in [0.25, 0.3) is 0 Å². The molecule has 0 amide bonds. The Labute approximate surface area is 70.4 Å². The standard InChI is InChI=1S/C10H19O/c1-4-11-9-7-5-6-8-10(2)3/h4H,2,5-9H2,1,3H3. The van der Waals surface area contributed by atoms with Crippen molar-refractivity contribution in [1.82, 2.24) is 0 Å². The quantitative estimate of drug-likeness (QED) is 0.405. The summed E-state index contributed by atoms with van der Waals surface area (Å²) in [6.07, 6.45) is 4.83. The van der Waals surface area contributed by atoms with Crippen LogP contribution in [-0.2, 0) is 4.74 Å². The van der Waals surface area contributed by atoms with Crippen molar-refractivity contribution in [1.29, 1.82) is 0 Å². The molecular formula is C10H19O. The van der Waals surface area contributed by atoms with E-state index in [1.54, 1.807) is 6.61 Å². The Kier molecular flexibility index (Phi) is 7.59. The average molecular weight is 155 g/mol. The van der Waals surface area contributed by atoms with E-state index >= 15 is 0 Å². The molecule has 0 fully saturated rings. The lowest BCUT2D eigenvalue weighted by atomic mass is 10.1. The zero-order chi connectivity index (χ0) is 8.53. The third kappa shape index (κ3) is 9.70. The van der Waals surface area contributed by atoms with Crippen LogP contribution < -0.4 is 0 Å². The fourth-order valence-electron chi connectivity index (χ4n) is 0.907. The number of hydrogen-bond acceptors (Lipinski definition) is 1. The Morgan fingerprint density at radius 2 is 2.09 bits per heavy atom. The Morgan fingerprint density at radius 1 is 1.36 bits per heavy atom. The smallest absolute Gasteiger partial charge is 0.0805 e. The predicted molar refractivity (Wildman–Crippen MR) is 49.2 cm³/mol. The molecule has 0 saturated carbocycles. The van der Waals surface area contributed by atoms with Gasteiger partial charge in [-0.1, -0.05) is 12.0 Å². The Hall–Kier alpha value is -0.300. The molecule has 0 aromatic heterocycles. The van der Waals surface area contributed by atoms with Gasteiger partial charge in [-0.3, -0.25) is 0 Å². The molecule has 0 aromatic carbocycles. The van der Waals surface area contributed by atoms with Crippen molar-refractivity contribution in [2.24, 2.45) is 0 Å². The number of ether oxygens (including phenoxy) is 1. The molecule has 0 saturated heterocycles. The van der Waals surface area contributed by atoms with Gasteiger partial charge >= 0.3 is 0 Å². The lowest BCUT2D eigenvalue weighted by molar-refractivity contribution is 0.198. The molecule has 0 aliphatic carbocycles. The second-order valence-electron chi connectivity index (χ2n) is 2.87. The molecule has 65 valence electrons. The van der Waals surface area contributed by atoms with Gasteiger partial charge in [-0.05, 0) is 33.1 Å². The van der Waals surface area contributed by atoms with Crippen LogP contribution >= 0.6 is 0 Å². The molecule has 0 aliphatic rings. The highest BCUT2D eigenvalue weighted by atomic mass is 16.5. The van der Waals surface area contributed by atoms with Crippen LogP contribution in [0.25, 0.3) is 0 Å². The first-order chi connectivity index (χ1) is 5.27. The van der Waals surface area contributed by atoms with Gasteiger partial charge in [0.2, 0.25) is 0 Å². The fraction of sp³-hybridized carbons (Fsp3) is 0.700. The van der Waals surface area contributed by atoms with Crippen LogP contribution in [-0.4, -0.2) is 6.61 Å². The minimum atomic E-state index is 0.868. The molecule has 11 heavy (non-hydrogen) atoms. The lowest BCUT2D eigenvalue weighted by Crippen LogP contribution is -1.89. The molecule has 0 aliphatic heterocycles. The number of unbranched alkanes of at least 4 members (excludes halogenated alkanes) is 2. The summed E-state index contributed by atoms with van der Waals surface area (Å²) in [6, 6.07) is 0. The Morgan fingerprint density at radius 3 is 2.64 bits per heavy atom. The maximum absolute atomic E-state index is 5.09. The normalized spacial score (nSPS) is 10.0. The zero-order valence-electron chi connectivity index (χ0n) is 7.73. The second kappa shape index (κ2) is 7.80. The fourth-order valence-corrected chi connectivity index (χ4v) is 0.907. The van der Waals surface area contributed by atoms with Gasteiger partial charge < -0.3 is 4.74 Å². The molecular weight excluding hydrogens is 136 g/mol. The summed E-state index contributed by atoms with van der Waals surface area (Å²) in [6.45, 7) is 10.5. The zero-order valence-corrected chi connectivity index (χ0v) is 7.73. The van der Waals surface area contributed by atoms with Crippen LogP contribution in [0.5, 0.6) is 0 Å². The number of hydrogen-bond donors (Lipinski definition) is 0. The van der Waals surface area contributed by atoms with Crippen molar-refractivity contribution in [3.8, 4) is 0 Å². The Balaban J connectivity index is 2.85. The van der Waals surface area contributed by atoms with E-state index in [2.05, 4.69) is 13.5 Å². The van der Waals surface area contributed by atoms with Crippen LogP contribution in [0.2, 0.25) is 0 Å². The molecule has 0 bridgehead atoms. The van der Waals surface area contributed by atoms with E-state index in [1.807, 2.05) is 6.92 Å². The highest BCUT2D eigenvalue weighted by molar-refractivity contribution is 4.86. The molecule has 0 heterocycles. The molecule has 1 nitrogen and oxygen atoms in total. The minimum Gasteiger partial charge on any atom is -0.376 e. The molecule has 0 atom stereocenters. The summed E-state index contributed by atoms with van der Waals surface area (Å²) in [4.78, 5) is 0. The topological polar surface area (TPSA) is 9.23 Å². The summed E-state index contributed by atoms with van der Waals surface area (Å²) in [5.74, 6) is 0. The monoisotopic (exact) mass is 155 g/mol. The maximum atomic E-state index is 5.09. The molecule has 1 radical (unpaired) electrons. The second-order valence-corrected chi connectivity index (χ2v) is 2.87. The van der Waals surface area contributed by atoms with Crippen LogP contribution in [0.15, 0.2) is 12.2 Å². The first-order valence-corrected chi connectivity index (χ1v) is 4.31. The summed E-state index contributed by atoms with van der Waals surface area (Å²) in [7, 11) is 0. The van der Waals surface area contributed by atoms with E-state index in [1.165, 1.54) is 18.4 Å². The first-order valence-electron chi connectivity index (χ1n) is 4.31. The summed E-state index contributed by atoms with van der Waals surface area (Å²) in [5, 5.41) is 0. The van der Waals surface area contributed by atoms with Crippen molar-refractivity contribution >= 4 is 0 Å². The van der Waals surface area contributed by atoms with Crippen molar-refractivity contribution in [3.05, 3.63) is 18.8 Å². The van der Waals surface area contributed by atoms with Gasteiger partial charge in [-0.2, -0.15) is 0 Å². The number of allylic oxidation sites excluding steroid dienone is 1. The van der Waals surface area contributed by atoms with Crippen LogP contribution in [0.4, 0.5) is 0 Å². The van der Waals surface area contributed by atoms with Crippen molar-refractivity contribution in [2.45, 2.75) is 39.5 Å². The van der Waals surface area contributed by atoms with E-state index in [-0.39, 0.29) is 0 Å². The highest BCUT2D eigenvalue weighted by Crippen LogP contribution is 2.05. The average Bonchev–Trinajstić information content (AvgIpc) is 1.96. The van der Waals surface area contributed by atoms with E-state index in [0.717, 1.165) is 19.4 Å². The largest absolute Gasteiger partial charge is 0.376 e. The molecule has 0 N–H and O–H groups in total. The van der Waals surface area contributed by atoms with Crippen LogP contribution in [0, 0.1) is 6.61 Å². The van der Waals surface area contributed by atoms with Gasteiger partial charge in [-0.25, -0.2) is 0 Å². The van der Waals surface area contributed by atoms with Gasteiger partial charge in [0.05, 0.1) is 6.61 Å². The molecule has 1 heteroatoms. The van der Waals surface area contributed by atoms with E-state index in [9.17, 15) is 0 Å². The van der Waals surface area contributed by atoms with Crippen LogP contribution in [0.1, 0.15) is 39.5 Å². The van der Waals surface area contributed by atoms with Gasteiger partial charge in [0.15, 0.2) is 0 Å². The Bertz CT molecular complexity index is 97.0. The summed E-state index contributed by atoms with van der Waals surface area (Å²) in [5.41, 5.74) is 1.29. The van der Waals surface area contributed by atoms with Gasteiger partial charge in [-0.15, -0.1) is 6.58 Å². The molecule has 0 unspecified atom stereocenters. The molecule has 0 aromatic rings. The van der Waals surface area contributed by atoms with E-state index in [4.69, 9.17) is 4.74 Å². The molecule has 0 spiro atoms.